The molecule has 20 heavy (non-hydrogen) atoms. The number of carbonyl (C=O) groups excluding carboxylic acids is 1. The molecule has 1 saturated heterocycles. The fraction of sp³-hybridized carbons (Fsp3) is 0.818. The second-order valence-electron chi connectivity index (χ2n) is 4.46. The van der Waals surface area contributed by atoms with E-state index in [2.05, 4.69) is 4.74 Å². The summed E-state index contributed by atoms with van der Waals surface area (Å²) >= 11 is 0. The van der Waals surface area contributed by atoms with Crippen LogP contribution in [-0.4, -0.2) is 67.9 Å². The molecule has 8 nitrogen and oxygen atoms in total. The van der Waals surface area contributed by atoms with Gasteiger partial charge in [0.05, 0.1) is 32.3 Å². The number of likely N-dealkylation sites (N-methyl/N-ethyl adjacent to an activating group) is 1. The van der Waals surface area contributed by atoms with Gasteiger partial charge in [0, 0.05) is 6.54 Å². The highest BCUT2D eigenvalue weighted by Crippen LogP contribution is 2.24. The van der Waals surface area contributed by atoms with E-state index >= 15 is 0 Å². The lowest BCUT2D eigenvalue weighted by molar-refractivity contribution is -0.142. The Hall–Kier alpha value is -1.19. The van der Waals surface area contributed by atoms with Gasteiger partial charge in [0.25, 0.3) is 0 Å². The number of ether oxygens (including phenoxy) is 2. The van der Waals surface area contributed by atoms with Crippen molar-refractivity contribution in [1.82, 2.24) is 4.31 Å². The first-order valence-corrected chi connectivity index (χ1v) is 7.66. The van der Waals surface area contributed by atoms with E-state index in [-0.39, 0.29) is 19.8 Å². The SMILES string of the molecule is CCN(C1COCC1C(=O)O)S(=O)(=O)C(C)C(=O)OC. The van der Waals surface area contributed by atoms with Crippen LogP contribution in [0.25, 0.3) is 0 Å². The Bertz CT molecular complexity index is 475. The van der Waals surface area contributed by atoms with Crippen LogP contribution in [0.2, 0.25) is 0 Å². The minimum absolute atomic E-state index is 0.00205. The molecule has 0 spiro atoms. The molecule has 3 atom stereocenters. The molecule has 0 saturated carbocycles. The molecule has 0 aromatic carbocycles. The number of nitrogens with zero attached hydrogens (tertiary/aromatic N) is 1. The average molecular weight is 309 g/mol. The van der Waals surface area contributed by atoms with Crippen molar-refractivity contribution < 1.29 is 32.6 Å². The molecule has 0 aliphatic carbocycles. The lowest BCUT2D eigenvalue weighted by atomic mass is 10.0. The maximum Gasteiger partial charge on any atom is 0.325 e. The van der Waals surface area contributed by atoms with Crippen molar-refractivity contribution >= 4 is 22.0 Å². The Morgan fingerprint density at radius 1 is 1.45 bits per heavy atom. The molecule has 1 heterocycles. The molecule has 1 N–H and O–H groups in total. The molecule has 1 fully saturated rings. The van der Waals surface area contributed by atoms with Gasteiger partial charge in [-0.05, 0) is 6.92 Å². The van der Waals surface area contributed by atoms with Crippen LogP contribution in [0.5, 0.6) is 0 Å². The number of hydrogen-bond donors (Lipinski definition) is 1. The first-order valence-electron chi connectivity index (χ1n) is 6.16. The summed E-state index contributed by atoms with van der Waals surface area (Å²) in [7, 11) is -2.90. The van der Waals surface area contributed by atoms with Gasteiger partial charge in [-0.2, -0.15) is 4.31 Å². The predicted molar refractivity (Wildman–Crippen MR) is 68.5 cm³/mol. The van der Waals surface area contributed by atoms with Crippen molar-refractivity contribution in [2.75, 3.05) is 26.9 Å². The Labute approximate surface area is 117 Å². The Morgan fingerprint density at radius 2 is 2.05 bits per heavy atom. The summed E-state index contributed by atoms with van der Waals surface area (Å²) in [5.41, 5.74) is 0. The lowest BCUT2D eigenvalue weighted by Crippen LogP contribution is -2.50. The zero-order chi connectivity index (χ0) is 15.5. The van der Waals surface area contributed by atoms with Crippen LogP contribution in [-0.2, 0) is 29.1 Å². The van der Waals surface area contributed by atoms with Crippen LogP contribution in [0.15, 0.2) is 0 Å². The number of rotatable bonds is 6. The molecule has 1 aliphatic heterocycles. The van der Waals surface area contributed by atoms with Crippen molar-refractivity contribution in [3.63, 3.8) is 0 Å². The van der Waals surface area contributed by atoms with Crippen LogP contribution in [0.1, 0.15) is 13.8 Å². The predicted octanol–water partition coefficient (Wildman–Crippen LogP) is -0.701. The highest BCUT2D eigenvalue weighted by Gasteiger charge is 2.45. The largest absolute Gasteiger partial charge is 0.481 e. The van der Waals surface area contributed by atoms with Crippen molar-refractivity contribution in [3.8, 4) is 0 Å². The second-order valence-corrected chi connectivity index (χ2v) is 6.67. The van der Waals surface area contributed by atoms with Crippen LogP contribution >= 0.6 is 0 Å². The van der Waals surface area contributed by atoms with E-state index in [0.717, 1.165) is 11.4 Å². The van der Waals surface area contributed by atoms with E-state index in [1.807, 2.05) is 0 Å². The number of hydrogen-bond acceptors (Lipinski definition) is 6. The zero-order valence-corrected chi connectivity index (χ0v) is 12.4. The van der Waals surface area contributed by atoms with E-state index in [4.69, 9.17) is 9.84 Å². The number of sulfonamides is 1. The topological polar surface area (TPSA) is 110 Å². The van der Waals surface area contributed by atoms with Gasteiger partial charge in [-0.1, -0.05) is 6.92 Å². The molecule has 116 valence electrons. The van der Waals surface area contributed by atoms with Crippen LogP contribution in [0.4, 0.5) is 0 Å². The van der Waals surface area contributed by atoms with Gasteiger partial charge < -0.3 is 14.6 Å². The van der Waals surface area contributed by atoms with Crippen molar-refractivity contribution in [3.05, 3.63) is 0 Å². The Kier molecular flexibility index (Phi) is 5.49. The quantitative estimate of drug-likeness (QED) is 0.646. The van der Waals surface area contributed by atoms with Gasteiger partial charge in [0.1, 0.15) is 0 Å². The summed E-state index contributed by atoms with van der Waals surface area (Å²) in [5.74, 6) is -2.93. The number of carboxylic acid groups (broad SMARTS) is 1. The van der Waals surface area contributed by atoms with Crippen LogP contribution in [0.3, 0.4) is 0 Å². The van der Waals surface area contributed by atoms with Gasteiger partial charge >= 0.3 is 11.9 Å². The van der Waals surface area contributed by atoms with E-state index in [1.54, 1.807) is 6.92 Å². The standard InChI is InChI=1S/C11H19NO7S/c1-4-12(9-6-19-5-8(9)10(13)14)20(16,17)7(2)11(15)18-3/h7-9H,4-6H2,1-3H3,(H,13,14). The zero-order valence-electron chi connectivity index (χ0n) is 11.6. The fourth-order valence-electron chi connectivity index (χ4n) is 2.16. The smallest absolute Gasteiger partial charge is 0.325 e. The summed E-state index contributed by atoms with van der Waals surface area (Å²) in [6.07, 6.45) is 0. The van der Waals surface area contributed by atoms with Gasteiger partial charge in [0.2, 0.25) is 10.0 Å². The van der Waals surface area contributed by atoms with E-state index in [0.29, 0.717) is 0 Å². The highest BCUT2D eigenvalue weighted by atomic mass is 32.2. The summed E-state index contributed by atoms with van der Waals surface area (Å²) < 4.78 is 35.3. The molecule has 0 bridgehead atoms. The van der Waals surface area contributed by atoms with E-state index in [1.165, 1.54) is 6.92 Å². The fourth-order valence-corrected chi connectivity index (χ4v) is 3.85. The molecule has 9 heteroatoms. The first-order chi connectivity index (χ1) is 9.27. The third-order valence-corrected chi connectivity index (χ3v) is 5.62. The number of aliphatic carboxylic acids is 1. The van der Waals surface area contributed by atoms with Gasteiger partial charge in [-0.3, -0.25) is 9.59 Å². The van der Waals surface area contributed by atoms with Gasteiger partial charge in [0.15, 0.2) is 5.25 Å². The highest BCUT2D eigenvalue weighted by molar-refractivity contribution is 7.90. The minimum Gasteiger partial charge on any atom is -0.481 e. The monoisotopic (exact) mass is 309 g/mol. The number of esters is 1. The summed E-state index contributed by atoms with van der Waals surface area (Å²) in [6.45, 7) is 2.81. The van der Waals surface area contributed by atoms with Crippen LogP contribution in [0, 0.1) is 5.92 Å². The number of carbonyl (C=O) groups is 2. The van der Waals surface area contributed by atoms with Crippen molar-refractivity contribution in [2.45, 2.75) is 25.1 Å². The van der Waals surface area contributed by atoms with Gasteiger partial charge in [-0.15, -0.1) is 0 Å². The summed E-state index contributed by atoms with van der Waals surface area (Å²) in [6, 6.07) is -0.811. The molecule has 1 rings (SSSR count). The Balaban J connectivity index is 3.06. The number of methoxy groups -OCH3 is 1. The Morgan fingerprint density at radius 3 is 2.50 bits per heavy atom. The van der Waals surface area contributed by atoms with Crippen molar-refractivity contribution in [2.24, 2.45) is 5.92 Å². The van der Waals surface area contributed by atoms with E-state index < -0.39 is 39.2 Å². The third-order valence-electron chi connectivity index (χ3n) is 3.36. The lowest BCUT2D eigenvalue weighted by Gasteiger charge is -2.30. The maximum atomic E-state index is 12.4. The normalized spacial score (nSPS) is 24.6. The minimum atomic E-state index is -4.00. The van der Waals surface area contributed by atoms with Gasteiger partial charge in [-0.25, -0.2) is 8.42 Å². The average Bonchev–Trinajstić information content (AvgIpc) is 2.86. The summed E-state index contributed by atoms with van der Waals surface area (Å²) in [4.78, 5) is 22.6. The molecule has 0 amide bonds. The molecule has 0 aromatic rings. The molecule has 0 aromatic heterocycles. The maximum absolute atomic E-state index is 12.4. The second kappa shape index (κ2) is 6.51. The van der Waals surface area contributed by atoms with Crippen molar-refractivity contribution in [1.29, 1.82) is 0 Å². The summed E-state index contributed by atoms with van der Waals surface area (Å²) in [5, 5.41) is 7.71. The molecule has 0 radical (unpaired) electrons. The molecule has 1 aliphatic rings. The van der Waals surface area contributed by atoms with E-state index in [9.17, 15) is 18.0 Å². The first kappa shape index (κ1) is 16.9. The third kappa shape index (κ3) is 3.10. The van der Waals surface area contributed by atoms with Crippen LogP contribution < -0.4 is 0 Å². The molecular formula is C11H19NO7S. The molecular weight excluding hydrogens is 290 g/mol. The molecule has 3 unspecified atom stereocenters. The number of carboxylic acids is 1.